The zero-order chi connectivity index (χ0) is 22.8. The number of amides is 1. The van der Waals surface area contributed by atoms with E-state index >= 15 is 0 Å². The van der Waals surface area contributed by atoms with E-state index in [1.807, 2.05) is 68.4 Å². The Kier molecular flexibility index (Phi) is 6.19. The maximum Gasteiger partial charge on any atom is 0.283 e. The lowest BCUT2D eigenvalue weighted by Crippen LogP contribution is -2.23. The maximum absolute atomic E-state index is 13.3. The molecule has 7 heteroatoms. The van der Waals surface area contributed by atoms with Crippen LogP contribution in [-0.4, -0.2) is 26.2 Å². The summed E-state index contributed by atoms with van der Waals surface area (Å²) in [5, 5.41) is 3.43. The lowest BCUT2D eigenvalue weighted by molar-refractivity contribution is -0.113. The first kappa shape index (κ1) is 21.9. The van der Waals surface area contributed by atoms with Gasteiger partial charge < -0.3 is 10.3 Å². The minimum absolute atomic E-state index is 0.138. The molecule has 0 fully saturated rings. The molecule has 2 aromatic carbocycles. The third kappa shape index (κ3) is 4.62. The largest absolute Gasteiger partial charge is 0.353 e. The topological polar surface area (TPSA) is 79.8 Å². The number of nitrogens with zero attached hydrogens (tertiary/aromatic N) is 2. The highest BCUT2D eigenvalue weighted by Crippen LogP contribution is 2.23. The third-order valence-electron chi connectivity index (χ3n) is 5.22. The van der Waals surface area contributed by atoms with E-state index in [1.54, 1.807) is 4.57 Å². The molecule has 0 radical (unpaired) electrons. The molecular formula is C25H26N4O2S. The number of thioether (sulfide) groups is 1. The molecule has 4 rings (SSSR count). The number of anilines is 1. The van der Waals surface area contributed by atoms with Gasteiger partial charge >= 0.3 is 0 Å². The van der Waals surface area contributed by atoms with Crippen molar-refractivity contribution in [1.29, 1.82) is 0 Å². The Morgan fingerprint density at radius 2 is 1.88 bits per heavy atom. The molecule has 0 spiro atoms. The van der Waals surface area contributed by atoms with Crippen LogP contribution in [0.2, 0.25) is 0 Å². The molecule has 0 bridgehead atoms. The fraction of sp³-hybridized carbons (Fsp3) is 0.240. The Morgan fingerprint density at radius 1 is 1.12 bits per heavy atom. The van der Waals surface area contributed by atoms with Crippen molar-refractivity contribution < 1.29 is 4.79 Å². The number of benzene rings is 2. The van der Waals surface area contributed by atoms with E-state index in [-0.39, 0.29) is 17.2 Å². The van der Waals surface area contributed by atoms with E-state index < -0.39 is 0 Å². The van der Waals surface area contributed by atoms with Gasteiger partial charge in [-0.3, -0.25) is 14.2 Å². The summed E-state index contributed by atoms with van der Waals surface area (Å²) in [6, 6.07) is 17.4. The van der Waals surface area contributed by atoms with Crippen LogP contribution in [-0.2, 0) is 4.79 Å². The summed E-state index contributed by atoms with van der Waals surface area (Å²) in [5.74, 6) is 0.371. The van der Waals surface area contributed by atoms with Crippen LogP contribution < -0.4 is 10.9 Å². The van der Waals surface area contributed by atoms with E-state index in [2.05, 4.69) is 29.1 Å². The summed E-state index contributed by atoms with van der Waals surface area (Å²) in [4.78, 5) is 33.7. The minimum Gasteiger partial charge on any atom is -0.353 e. The number of fused-ring (bicyclic) bond motifs is 1. The second kappa shape index (κ2) is 9.04. The van der Waals surface area contributed by atoms with Gasteiger partial charge in [-0.2, -0.15) is 0 Å². The summed E-state index contributed by atoms with van der Waals surface area (Å²) in [7, 11) is 0. The van der Waals surface area contributed by atoms with Gasteiger partial charge in [-0.25, -0.2) is 4.98 Å². The molecule has 0 saturated heterocycles. The van der Waals surface area contributed by atoms with Crippen LogP contribution >= 0.6 is 11.8 Å². The smallest absolute Gasteiger partial charge is 0.283 e. The first-order chi connectivity index (χ1) is 15.3. The van der Waals surface area contributed by atoms with Crippen molar-refractivity contribution in [2.45, 2.75) is 38.8 Å². The monoisotopic (exact) mass is 446 g/mol. The van der Waals surface area contributed by atoms with E-state index in [1.165, 1.54) is 17.3 Å². The maximum atomic E-state index is 13.3. The second-order valence-electron chi connectivity index (χ2n) is 8.20. The minimum atomic E-state index is -0.181. The number of H-pyrrole nitrogens is 1. The number of aromatic amines is 1. The van der Waals surface area contributed by atoms with Crippen molar-refractivity contribution in [2.75, 3.05) is 11.1 Å². The van der Waals surface area contributed by atoms with Crippen molar-refractivity contribution in [3.63, 3.8) is 0 Å². The highest BCUT2D eigenvalue weighted by Gasteiger charge is 2.16. The predicted molar refractivity (Wildman–Crippen MR) is 131 cm³/mol. The molecule has 2 heterocycles. The van der Waals surface area contributed by atoms with Gasteiger partial charge in [0, 0.05) is 11.4 Å². The Balaban J connectivity index is 1.62. The molecule has 0 aliphatic rings. The Bertz CT molecular complexity index is 1340. The zero-order valence-electron chi connectivity index (χ0n) is 18.6. The molecule has 1 amide bonds. The van der Waals surface area contributed by atoms with Crippen LogP contribution in [0.3, 0.4) is 0 Å². The molecule has 0 atom stereocenters. The number of aryl methyl sites for hydroxylation is 2. The number of hydrogen-bond acceptors (Lipinski definition) is 4. The first-order valence-corrected chi connectivity index (χ1v) is 11.5. The molecule has 0 unspecified atom stereocenters. The first-order valence-electron chi connectivity index (χ1n) is 10.5. The predicted octanol–water partition coefficient (Wildman–Crippen LogP) is 5.18. The lowest BCUT2D eigenvalue weighted by atomic mass is 10.0. The van der Waals surface area contributed by atoms with Crippen LogP contribution in [0.5, 0.6) is 0 Å². The van der Waals surface area contributed by atoms with Crippen molar-refractivity contribution in [3.05, 3.63) is 81.8 Å². The molecule has 2 N–H and O–H groups in total. The fourth-order valence-corrected chi connectivity index (χ4v) is 4.31. The van der Waals surface area contributed by atoms with E-state index in [4.69, 9.17) is 0 Å². The molecule has 32 heavy (non-hydrogen) atoms. The molecule has 4 aromatic rings. The Labute approximate surface area is 191 Å². The Morgan fingerprint density at radius 3 is 2.59 bits per heavy atom. The van der Waals surface area contributed by atoms with Gasteiger partial charge in [0.05, 0.1) is 17.0 Å². The fourth-order valence-electron chi connectivity index (χ4n) is 3.50. The van der Waals surface area contributed by atoms with Gasteiger partial charge in [-0.05, 0) is 55.7 Å². The second-order valence-corrected chi connectivity index (χ2v) is 9.14. The summed E-state index contributed by atoms with van der Waals surface area (Å²) < 4.78 is 1.56. The van der Waals surface area contributed by atoms with Crippen molar-refractivity contribution in [1.82, 2.24) is 14.5 Å². The normalized spacial score (nSPS) is 11.3. The Hall–Kier alpha value is -3.32. The van der Waals surface area contributed by atoms with Gasteiger partial charge in [0.25, 0.3) is 5.56 Å². The van der Waals surface area contributed by atoms with Crippen LogP contribution in [0.15, 0.2) is 64.5 Å². The standard InChI is InChI=1S/C25H26N4O2S/c1-15(2)18-6-5-7-19(13-18)27-22(30)14-32-25-28-21-12-17(4)26-23(21)24(31)29(25)20-10-8-16(3)9-11-20/h5-13,15,26H,14H2,1-4H3,(H,27,30). The molecule has 164 valence electrons. The van der Waals surface area contributed by atoms with E-state index in [0.717, 1.165) is 22.6 Å². The van der Waals surface area contributed by atoms with Gasteiger partial charge in [0.15, 0.2) is 5.16 Å². The third-order valence-corrected chi connectivity index (χ3v) is 6.16. The van der Waals surface area contributed by atoms with Crippen LogP contribution in [0.4, 0.5) is 5.69 Å². The quantitative estimate of drug-likeness (QED) is 0.316. The van der Waals surface area contributed by atoms with Crippen LogP contribution in [0.1, 0.15) is 36.6 Å². The van der Waals surface area contributed by atoms with Gasteiger partial charge in [-0.1, -0.05) is 55.4 Å². The van der Waals surface area contributed by atoms with Crippen LogP contribution in [0, 0.1) is 13.8 Å². The molecule has 6 nitrogen and oxygen atoms in total. The van der Waals surface area contributed by atoms with E-state index in [9.17, 15) is 9.59 Å². The van der Waals surface area contributed by atoms with Gasteiger partial charge in [0.1, 0.15) is 5.52 Å². The number of hydrogen-bond donors (Lipinski definition) is 2. The summed E-state index contributed by atoms with van der Waals surface area (Å²) >= 11 is 1.25. The van der Waals surface area contributed by atoms with E-state index in [0.29, 0.717) is 22.1 Å². The van der Waals surface area contributed by atoms with Crippen molar-refractivity contribution in [3.8, 4) is 5.69 Å². The summed E-state index contributed by atoms with van der Waals surface area (Å²) in [6.45, 7) is 8.12. The highest BCUT2D eigenvalue weighted by atomic mass is 32.2. The molecule has 0 saturated carbocycles. The molecular weight excluding hydrogens is 420 g/mol. The molecule has 0 aliphatic carbocycles. The zero-order valence-corrected chi connectivity index (χ0v) is 19.4. The lowest BCUT2D eigenvalue weighted by Gasteiger charge is -2.13. The summed E-state index contributed by atoms with van der Waals surface area (Å²) in [6.07, 6.45) is 0. The van der Waals surface area contributed by atoms with Crippen molar-refractivity contribution in [2.24, 2.45) is 0 Å². The van der Waals surface area contributed by atoms with Gasteiger partial charge in [-0.15, -0.1) is 0 Å². The van der Waals surface area contributed by atoms with Crippen LogP contribution in [0.25, 0.3) is 16.7 Å². The number of carbonyl (C=O) groups is 1. The van der Waals surface area contributed by atoms with Gasteiger partial charge in [0.2, 0.25) is 5.91 Å². The molecule has 2 aromatic heterocycles. The SMILES string of the molecule is Cc1ccc(-n2c(SCC(=O)Nc3cccc(C(C)C)c3)nc3cc(C)[nH]c3c2=O)cc1. The average Bonchev–Trinajstić information content (AvgIpc) is 3.14. The number of carbonyl (C=O) groups excluding carboxylic acids is 1. The number of rotatable bonds is 6. The average molecular weight is 447 g/mol. The van der Waals surface area contributed by atoms with Crippen molar-refractivity contribution >= 4 is 34.4 Å². The summed E-state index contributed by atoms with van der Waals surface area (Å²) in [5.41, 5.74) is 5.50. The number of aromatic nitrogens is 3. The number of nitrogens with one attached hydrogen (secondary N) is 2. The highest BCUT2D eigenvalue weighted by molar-refractivity contribution is 7.99. The molecule has 0 aliphatic heterocycles.